The molecule has 0 N–H and O–H groups in total. The molecule has 4 aromatic carbocycles. The number of benzene rings is 4. The number of alkyl halides is 2. The van der Waals surface area contributed by atoms with Crippen LogP contribution in [0, 0.1) is 0 Å². The van der Waals surface area contributed by atoms with E-state index in [2.05, 4.69) is 60.7 Å². The van der Waals surface area contributed by atoms with E-state index in [1.165, 1.54) is 19.6 Å². The summed E-state index contributed by atoms with van der Waals surface area (Å²) in [6.07, 6.45) is 0. The molecule has 0 aliphatic carbocycles. The summed E-state index contributed by atoms with van der Waals surface area (Å²) in [6.45, 7) is 3.85. The van der Waals surface area contributed by atoms with Gasteiger partial charge in [-0.25, -0.2) is 0 Å². The van der Waals surface area contributed by atoms with Crippen molar-refractivity contribution in [3.8, 4) is 11.5 Å². The summed E-state index contributed by atoms with van der Waals surface area (Å²) in [7, 11) is 0. The van der Waals surface area contributed by atoms with E-state index in [9.17, 15) is 0 Å². The molecule has 0 radical (unpaired) electrons. The Morgan fingerprint density at radius 3 is 1.20 bits per heavy atom. The van der Waals surface area contributed by atoms with E-state index in [1.54, 1.807) is 23.5 Å². The first-order chi connectivity index (χ1) is 22.2. The van der Waals surface area contributed by atoms with Crippen LogP contribution in [0.3, 0.4) is 0 Å². The van der Waals surface area contributed by atoms with Gasteiger partial charge in [-0.2, -0.15) is 0 Å². The Morgan fingerprint density at radius 2 is 0.800 bits per heavy atom. The zero-order valence-corrected chi connectivity index (χ0v) is 27.8. The maximum absolute atomic E-state index is 6.41. The third kappa shape index (κ3) is 6.77. The van der Waals surface area contributed by atoms with Crippen molar-refractivity contribution in [2.24, 2.45) is 0 Å². The standard InChI is InChI=1S/C36H32Cl2O5S2/c37-21-23-1-5-31-27(17-23)35-29-19-25(3-7-33(29)44-31)42-15-13-40-11-9-39-10-12-41-14-16-43-26-4-8-34-30(20-26)36(35)28-18-24(22-38)2-6-32(28)45-34/h1-8,17-20H,9-16,21-22H2/b36-35-. The van der Waals surface area contributed by atoms with E-state index in [4.69, 9.17) is 46.9 Å². The molecule has 0 amide bonds. The number of hydrogen-bond donors (Lipinski definition) is 0. The Balaban J connectivity index is 1.45. The smallest absolute Gasteiger partial charge is 0.120 e. The van der Waals surface area contributed by atoms with Crippen LogP contribution < -0.4 is 9.47 Å². The van der Waals surface area contributed by atoms with E-state index in [-0.39, 0.29) is 0 Å². The molecule has 9 heteroatoms. The fraction of sp³-hybridized carbons (Fsp3) is 0.278. The molecule has 45 heavy (non-hydrogen) atoms. The summed E-state index contributed by atoms with van der Waals surface area (Å²) in [5.74, 6) is 2.45. The van der Waals surface area contributed by atoms with E-state index < -0.39 is 0 Å². The summed E-state index contributed by atoms with van der Waals surface area (Å²) in [5, 5.41) is 0. The van der Waals surface area contributed by atoms with Crippen molar-refractivity contribution in [2.45, 2.75) is 31.3 Å². The van der Waals surface area contributed by atoms with Gasteiger partial charge in [-0.05, 0) is 94.1 Å². The molecular weight excluding hydrogens is 647 g/mol. The van der Waals surface area contributed by atoms with Gasteiger partial charge in [0.2, 0.25) is 0 Å². The highest BCUT2D eigenvalue weighted by atomic mass is 35.5. The lowest BCUT2D eigenvalue weighted by Crippen LogP contribution is -2.14. The Kier molecular flexibility index (Phi) is 9.94. The summed E-state index contributed by atoms with van der Waals surface area (Å²) in [4.78, 5) is 4.71. The first-order valence-corrected chi connectivity index (χ1v) is 17.7. The third-order valence-corrected chi connectivity index (χ3v) is 10.7. The molecule has 4 aromatic rings. The highest BCUT2D eigenvalue weighted by Crippen LogP contribution is 2.55. The molecule has 232 valence electrons. The number of halogens is 2. The van der Waals surface area contributed by atoms with E-state index in [0.717, 1.165) is 56.0 Å². The molecular formula is C36H32Cl2O5S2. The van der Waals surface area contributed by atoms with E-state index in [1.807, 2.05) is 12.1 Å². The van der Waals surface area contributed by atoms with Crippen molar-refractivity contribution in [2.75, 3.05) is 52.9 Å². The highest BCUT2D eigenvalue weighted by Gasteiger charge is 2.31. The minimum absolute atomic E-state index is 0.432. The van der Waals surface area contributed by atoms with Crippen molar-refractivity contribution < 1.29 is 23.7 Å². The van der Waals surface area contributed by atoms with Gasteiger partial charge in [0.05, 0.1) is 39.6 Å². The second-order valence-electron chi connectivity index (χ2n) is 10.7. The molecule has 0 saturated heterocycles. The van der Waals surface area contributed by atoms with Crippen molar-refractivity contribution in [3.63, 3.8) is 0 Å². The average molecular weight is 680 g/mol. The first kappa shape index (κ1) is 31.0. The van der Waals surface area contributed by atoms with E-state index in [0.29, 0.717) is 64.6 Å². The van der Waals surface area contributed by atoms with Crippen LogP contribution in [0.15, 0.2) is 92.4 Å². The van der Waals surface area contributed by atoms with Gasteiger partial charge in [0.15, 0.2) is 0 Å². The summed E-state index contributed by atoms with van der Waals surface area (Å²) >= 11 is 16.4. The molecule has 4 bridgehead atoms. The second kappa shape index (κ2) is 14.4. The minimum Gasteiger partial charge on any atom is -0.491 e. The van der Waals surface area contributed by atoms with Crippen molar-refractivity contribution in [1.29, 1.82) is 0 Å². The van der Waals surface area contributed by atoms with Gasteiger partial charge in [-0.3, -0.25) is 0 Å². The lowest BCUT2D eigenvalue weighted by atomic mass is 9.84. The van der Waals surface area contributed by atoms with Crippen LogP contribution >= 0.6 is 46.7 Å². The maximum Gasteiger partial charge on any atom is 0.120 e. The van der Waals surface area contributed by atoms with Gasteiger partial charge in [0, 0.05) is 42.5 Å². The lowest BCUT2D eigenvalue weighted by molar-refractivity contribution is 0.00498. The summed E-state index contributed by atoms with van der Waals surface area (Å²) in [6, 6.07) is 25.8. The fourth-order valence-corrected chi connectivity index (χ4v) is 8.13. The molecule has 0 fully saturated rings. The average Bonchev–Trinajstić information content (AvgIpc) is 3.07. The van der Waals surface area contributed by atoms with Gasteiger partial charge in [0.25, 0.3) is 0 Å². The van der Waals surface area contributed by atoms with Crippen LogP contribution in [0.25, 0.3) is 11.1 Å². The van der Waals surface area contributed by atoms with Crippen molar-refractivity contribution in [3.05, 3.63) is 106 Å². The van der Waals surface area contributed by atoms with E-state index >= 15 is 0 Å². The zero-order chi connectivity index (χ0) is 30.6. The van der Waals surface area contributed by atoms with Gasteiger partial charge in [0.1, 0.15) is 24.7 Å². The monoisotopic (exact) mass is 678 g/mol. The fourth-order valence-electron chi connectivity index (χ4n) is 5.70. The quantitative estimate of drug-likeness (QED) is 0.170. The summed E-state index contributed by atoms with van der Waals surface area (Å²) < 4.78 is 29.6. The van der Waals surface area contributed by atoms with Crippen LogP contribution in [0.4, 0.5) is 0 Å². The highest BCUT2D eigenvalue weighted by molar-refractivity contribution is 8.00. The Hall–Kier alpha value is -2.62. The van der Waals surface area contributed by atoms with Gasteiger partial charge in [-0.15, -0.1) is 23.2 Å². The van der Waals surface area contributed by atoms with Gasteiger partial charge >= 0.3 is 0 Å². The predicted octanol–water partition coefficient (Wildman–Crippen LogP) is 8.92. The summed E-state index contributed by atoms with van der Waals surface area (Å²) in [5.41, 5.74) is 8.97. The third-order valence-electron chi connectivity index (χ3n) is 7.80. The molecule has 5 nitrogen and oxygen atoms in total. The number of hydrogen-bond acceptors (Lipinski definition) is 7. The molecule has 0 saturated carbocycles. The Labute approximate surface area is 282 Å². The first-order valence-electron chi connectivity index (χ1n) is 15.0. The molecule has 3 heterocycles. The second-order valence-corrected chi connectivity index (χ2v) is 13.4. The van der Waals surface area contributed by atoms with Crippen molar-refractivity contribution >= 4 is 57.9 Å². The Morgan fingerprint density at radius 1 is 0.444 bits per heavy atom. The zero-order valence-electron chi connectivity index (χ0n) is 24.6. The largest absolute Gasteiger partial charge is 0.491 e. The maximum atomic E-state index is 6.41. The van der Waals surface area contributed by atoms with Crippen LogP contribution in [0.2, 0.25) is 0 Å². The molecule has 0 aromatic heterocycles. The normalized spacial score (nSPS) is 18.4. The molecule has 3 aliphatic rings. The molecule has 0 atom stereocenters. The lowest BCUT2D eigenvalue weighted by Gasteiger charge is -2.30. The molecule has 3 aliphatic heterocycles. The van der Waals surface area contributed by atoms with Crippen LogP contribution in [-0.2, 0) is 26.0 Å². The molecule has 0 unspecified atom stereocenters. The topological polar surface area (TPSA) is 46.2 Å². The number of ether oxygens (including phenoxy) is 5. The van der Waals surface area contributed by atoms with Gasteiger partial charge in [-0.1, -0.05) is 35.7 Å². The Bertz CT molecular complexity index is 1620. The van der Waals surface area contributed by atoms with Crippen molar-refractivity contribution in [1.82, 2.24) is 0 Å². The number of fused-ring (bicyclic) bond motifs is 6. The predicted molar refractivity (Wildman–Crippen MR) is 182 cm³/mol. The van der Waals surface area contributed by atoms with Crippen LogP contribution in [0.1, 0.15) is 33.4 Å². The SMILES string of the molecule is ClCc1ccc2c(c1)/C1=C3\c4cc(CCl)ccc4Sc4ccc(cc43)OCCOCCOCCOCCOc3ccc(c1c3)S2. The molecule has 7 rings (SSSR count). The minimum atomic E-state index is 0.432. The molecule has 0 spiro atoms. The van der Waals surface area contributed by atoms with Crippen LogP contribution in [0.5, 0.6) is 11.5 Å². The number of rotatable bonds is 2. The van der Waals surface area contributed by atoms with Crippen LogP contribution in [-0.4, -0.2) is 52.9 Å². The van der Waals surface area contributed by atoms with Gasteiger partial charge < -0.3 is 23.7 Å².